The first-order chi connectivity index (χ1) is 12.8. The van der Waals surface area contributed by atoms with Crippen molar-refractivity contribution >= 4 is 33.4 Å². The molecule has 1 aliphatic rings. The number of carbonyl (C=O) groups excluding carboxylic acids is 1. The Kier molecular flexibility index (Phi) is 6.20. The number of hydrogen-bond donors (Lipinski definition) is 1. The van der Waals surface area contributed by atoms with Crippen LogP contribution in [-0.2, 0) is 17.9 Å². The third-order valence-corrected chi connectivity index (χ3v) is 6.12. The Balaban J connectivity index is 1.54. The monoisotopic (exact) mass is 463 g/mol. The summed E-state index contributed by atoms with van der Waals surface area (Å²) in [5.74, 6) is -0.152. The first kappa shape index (κ1) is 20.3. The molecule has 2 aromatic rings. The van der Waals surface area contributed by atoms with E-state index in [0.29, 0.717) is 25.2 Å². The normalized spacial score (nSPS) is 14.2. The average Bonchev–Trinajstić information content (AvgIpc) is 3.35. The van der Waals surface area contributed by atoms with Crippen LogP contribution in [0.25, 0.3) is 0 Å². The Bertz CT molecular complexity index is 847. The molecule has 1 aliphatic carbocycles. The third kappa shape index (κ3) is 4.51. The Morgan fingerprint density at radius 3 is 2.59 bits per heavy atom. The number of aryl methyl sites for hydroxylation is 2. The maximum atomic E-state index is 13.0. The Hall–Kier alpha value is -1.48. The fraction of sp³-hybridized carbons (Fsp3) is 0.588. The molecule has 1 N–H and O–H groups in total. The highest BCUT2D eigenvalue weighted by Crippen LogP contribution is 2.45. The van der Waals surface area contributed by atoms with Crippen molar-refractivity contribution < 1.29 is 13.6 Å². The second-order valence-electron chi connectivity index (χ2n) is 6.73. The average molecular weight is 465 g/mol. The van der Waals surface area contributed by atoms with Crippen LogP contribution in [0.4, 0.5) is 8.78 Å². The second kappa shape index (κ2) is 8.26. The number of alkyl halides is 2. The van der Waals surface area contributed by atoms with Gasteiger partial charge in [0.2, 0.25) is 5.91 Å². The second-order valence-corrected chi connectivity index (χ2v) is 7.90. The summed E-state index contributed by atoms with van der Waals surface area (Å²) in [6.07, 6.45) is -0.279. The molecule has 27 heavy (non-hydrogen) atoms. The summed E-state index contributed by atoms with van der Waals surface area (Å²) < 4.78 is 30.3. The molecule has 3 rings (SSSR count). The van der Waals surface area contributed by atoms with Crippen molar-refractivity contribution in [2.45, 2.75) is 58.5 Å². The minimum absolute atomic E-state index is 0.00426. The minimum Gasteiger partial charge on any atom is -0.354 e. The van der Waals surface area contributed by atoms with Crippen molar-refractivity contribution in [3.63, 3.8) is 0 Å². The number of hydrogen-bond acceptors (Lipinski definition) is 3. The summed E-state index contributed by atoms with van der Waals surface area (Å²) in [6, 6.07) is 0. The number of nitrogens with zero attached hydrogens (tertiary/aromatic N) is 4. The van der Waals surface area contributed by atoms with Gasteiger partial charge >= 0.3 is 0 Å². The zero-order valence-corrected chi connectivity index (χ0v) is 17.4. The number of aromatic nitrogens is 4. The summed E-state index contributed by atoms with van der Waals surface area (Å²) in [5.41, 5.74) is 2.07. The van der Waals surface area contributed by atoms with E-state index >= 15 is 0 Å². The van der Waals surface area contributed by atoms with Crippen LogP contribution in [0.5, 0.6) is 0 Å². The summed E-state index contributed by atoms with van der Waals surface area (Å²) in [4.78, 5) is 12.2. The van der Waals surface area contributed by atoms with Gasteiger partial charge in [0.05, 0.1) is 20.9 Å². The molecule has 0 bridgehead atoms. The lowest BCUT2D eigenvalue weighted by atomic mass is 10.2. The topological polar surface area (TPSA) is 64.7 Å². The van der Waals surface area contributed by atoms with Crippen LogP contribution in [0.1, 0.15) is 54.4 Å². The van der Waals surface area contributed by atoms with Crippen molar-refractivity contribution in [2.24, 2.45) is 0 Å². The highest BCUT2D eigenvalue weighted by atomic mass is 79.9. The molecule has 0 aliphatic heterocycles. The number of nitrogens with one attached hydrogen (secondary N) is 1. The van der Waals surface area contributed by atoms with Crippen molar-refractivity contribution in [1.29, 1.82) is 0 Å². The standard InChI is InChI=1S/C17H21BrClF2N5O/c1-9-13(18)10(2)25(23-9)7-3-6-22-12(27)8-26-16(11-4-5-11)14(19)15(24-26)17(20)21/h11,17H,3-8H2,1-2H3,(H,22,27). The van der Waals surface area contributed by atoms with E-state index in [1.165, 1.54) is 4.68 Å². The maximum absolute atomic E-state index is 13.0. The van der Waals surface area contributed by atoms with E-state index in [-0.39, 0.29) is 23.4 Å². The maximum Gasteiger partial charge on any atom is 0.283 e. The predicted molar refractivity (Wildman–Crippen MR) is 101 cm³/mol. The van der Waals surface area contributed by atoms with Crippen LogP contribution in [0, 0.1) is 13.8 Å². The third-order valence-electron chi connectivity index (χ3n) is 4.58. The van der Waals surface area contributed by atoms with Gasteiger partial charge in [-0.3, -0.25) is 14.2 Å². The van der Waals surface area contributed by atoms with E-state index in [0.717, 1.165) is 28.7 Å². The smallest absolute Gasteiger partial charge is 0.283 e. The van der Waals surface area contributed by atoms with Crippen LogP contribution < -0.4 is 5.32 Å². The van der Waals surface area contributed by atoms with Gasteiger partial charge in [-0.05, 0) is 49.0 Å². The molecule has 6 nitrogen and oxygen atoms in total. The molecule has 2 aromatic heterocycles. The molecular formula is C17H21BrClF2N5O. The Labute approximate surface area is 169 Å². The van der Waals surface area contributed by atoms with Gasteiger partial charge in [-0.2, -0.15) is 10.2 Å². The first-order valence-electron chi connectivity index (χ1n) is 8.80. The number of rotatable bonds is 8. The molecule has 1 saturated carbocycles. The van der Waals surface area contributed by atoms with Gasteiger partial charge in [0.25, 0.3) is 6.43 Å². The van der Waals surface area contributed by atoms with Gasteiger partial charge in [-0.15, -0.1) is 0 Å². The van der Waals surface area contributed by atoms with Gasteiger partial charge in [-0.25, -0.2) is 8.78 Å². The van der Waals surface area contributed by atoms with E-state index in [9.17, 15) is 13.6 Å². The Morgan fingerprint density at radius 2 is 2.04 bits per heavy atom. The van der Waals surface area contributed by atoms with E-state index in [1.54, 1.807) is 0 Å². The molecular weight excluding hydrogens is 444 g/mol. The SMILES string of the molecule is Cc1nn(CCCNC(=O)Cn2nc(C(F)F)c(Cl)c2C2CC2)c(C)c1Br. The van der Waals surface area contributed by atoms with Gasteiger partial charge < -0.3 is 5.32 Å². The van der Waals surface area contributed by atoms with E-state index < -0.39 is 12.1 Å². The molecule has 0 spiro atoms. The number of carbonyl (C=O) groups is 1. The van der Waals surface area contributed by atoms with Crippen molar-refractivity contribution in [3.8, 4) is 0 Å². The molecule has 0 aromatic carbocycles. The van der Waals surface area contributed by atoms with Crippen molar-refractivity contribution in [1.82, 2.24) is 24.9 Å². The summed E-state index contributed by atoms with van der Waals surface area (Å²) in [5, 5.41) is 11.1. The predicted octanol–water partition coefficient (Wildman–Crippen LogP) is 4.13. The van der Waals surface area contributed by atoms with Crippen LogP contribution in [0.3, 0.4) is 0 Å². The van der Waals surface area contributed by atoms with Gasteiger partial charge in [0, 0.05) is 24.7 Å². The molecule has 0 unspecified atom stereocenters. The molecule has 2 heterocycles. The van der Waals surface area contributed by atoms with E-state index in [1.807, 2.05) is 18.5 Å². The summed E-state index contributed by atoms with van der Waals surface area (Å²) in [6.45, 7) is 4.93. The van der Waals surface area contributed by atoms with Crippen LogP contribution in [-0.4, -0.2) is 32.0 Å². The van der Waals surface area contributed by atoms with Gasteiger partial charge in [0.15, 0.2) is 0 Å². The zero-order valence-electron chi connectivity index (χ0n) is 15.1. The van der Waals surface area contributed by atoms with Crippen molar-refractivity contribution in [2.75, 3.05) is 6.54 Å². The molecule has 10 heteroatoms. The quantitative estimate of drug-likeness (QED) is 0.597. The van der Waals surface area contributed by atoms with Crippen LogP contribution in [0.15, 0.2) is 4.47 Å². The zero-order chi connectivity index (χ0) is 19.7. The van der Waals surface area contributed by atoms with E-state index in [4.69, 9.17) is 11.6 Å². The molecule has 1 fully saturated rings. The lowest BCUT2D eigenvalue weighted by Crippen LogP contribution is -2.30. The highest BCUT2D eigenvalue weighted by Gasteiger charge is 2.34. The number of halogens is 4. The molecule has 0 radical (unpaired) electrons. The van der Waals surface area contributed by atoms with Crippen LogP contribution in [0.2, 0.25) is 5.02 Å². The van der Waals surface area contributed by atoms with Gasteiger partial charge in [-0.1, -0.05) is 11.6 Å². The van der Waals surface area contributed by atoms with Gasteiger partial charge in [0.1, 0.15) is 12.2 Å². The molecule has 148 valence electrons. The fourth-order valence-electron chi connectivity index (χ4n) is 3.02. The first-order valence-corrected chi connectivity index (χ1v) is 9.97. The summed E-state index contributed by atoms with van der Waals surface area (Å²) >= 11 is 9.54. The fourth-order valence-corrected chi connectivity index (χ4v) is 3.68. The lowest BCUT2D eigenvalue weighted by Gasteiger charge is -2.09. The Morgan fingerprint density at radius 1 is 1.33 bits per heavy atom. The highest BCUT2D eigenvalue weighted by molar-refractivity contribution is 9.10. The van der Waals surface area contributed by atoms with E-state index in [2.05, 4.69) is 31.4 Å². The number of amides is 1. The molecule has 1 amide bonds. The largest absolute Gasteiger partial charge is 0.354 e. The van der Waals surface area contributed by atoms with Crippen molar-refractivity contribution in [3.05, 3.63) is 32.3 Å². The van der Waals surface area contributed by atoms with Crippen LogP contribution >= 0.6 is 27.5 Å². The minimum atomic E-state index is -2.75. The lowest BCUT2D eigenvalue weighted by molar-refractivity contribution is -0.121. The molecule has 0 saturated heterocycles. The molecule has 0 atom stereocenters. The summed E-state index contributed by atoms with van der Waals surface area (Å²) in [7, 11) is 0.